The average Bonchev–Trinajstić information content (AvgIpc) is 3.20. The van der Waals surface area contributed by atoms with Crippen LogP contribution < -0.4 is 5.32 Å². The topological polar surface area (TPSA) is 82.2 Å². The summed E-state index contributed by atoms with van der Waals surface area (Å²) >= 11 is 0. The van der Waals surface area contributed by atoms with Gasteiger partial charge in [0.1, 0.15) is 0 Å². The van der Waals surface area contributed by atoms with Gasteiger partial charge in [-0.2, -0.15) is 0 Å². The number of carboxylic acid groups (broad SMARTS) is 1. The Labute approximate surface area is 122 Å². The molecule has 1 saturated carbocycles. The predicted octanol–water partition coefficient (Wildman–Crippen LogP) is 2.12. The molecule has 1 fully saturated rings. The van der Waals surface area contributed by atoms with E-state index in [1.54, 1.807) is 0 Å². The van der Waals surface area contributed by atoms with Crippen molar-refractivity contribution in [3.63, 3.8) is 0 Å². The molecule has 5 heteroatoms. The second-order valence-corrected chi connectivity index (χ2v) is 5.76. The van der Waals surface area contributed by atoms with Crippen LogP contribution in [-0.2, 0) is 16.1 Å². The van der Waals surface area contributed by atoms with Gasteiger partial charge in [0, 0.05) is 23.1 Å². The van der Waals surface area contributed by atoms with Crippen LogP contribution in [0.15, 0.2) is 18.2 Å². The lowest BCUT2D eigenvalue weighted by Crippen LogP contribution is -2.25. The van der Waals surface area contributed by atoms with Gasteiger partial charge in [-0.15, -0.1) is 0 Å². The van der Waals surface area contributed by atoms with Crippen molar-refractivity contribution in [1.82, 2.24) is 10.3 Å². The molecule has 110 valence electrons. The van der Waals surface area contributed by atoms with Crippen molar-refractivity contribution in [2.75, 3.05) is 0 Å². The van der Waals surface area contributed by atoms with Crippen LogP contribution in [0.2, 0.25) is 0 Å². The minimum atomic E-state index is -0.880. The summed E-state index contributed by atoms with van der Waals surface area (Å²) in [6.07, 6.45) is 0.455. The van der Waals surface area contributed by atoms with E-state index in [0.717, 1.165) is 22.2 Å². The maximum Gasteiger partial charge on any atom is 0.307 e. The van der Waals surface area contributed by atoms with E-state index in [1.165, 1.54) is 5.56 Å². The van der Waals surface area contributed by atoms with E-state index in [2.05, 4.69) is 23.3 Å². The van der Waals surface area contributed by atoms with E-state index in [9.17, 15) is 9.59 Å². The summed E-state index contributed by atoms with van der Waals surface area (Å²) in [7, 11) is 0. The Morgan fingerprint density at radius 1 is 1.33 bits per heavy atom. The fourth-order valence-corrected chi connectivity index (χ4v) is 2.70. The number of carbonyl (C=O) groups excluding carboxylic acids is 1. The van der Waals surface area contributed by atoms with Gasteiger partial charge in [-0.3, -0.25) is 9.59 Å². The molecule has 5 nitrogen and oxygen atoms in total. The number of carbonyl (C=O) groups is 2. The van der Waals surface area contributed by atoms with Crippen LogP contribution in [0.25, 0.3) is 10.9 Å². The molecule has 3 rings (SSSR count). The Morgan fingerprint density at radius 3 is 2.76 bits per heavy atom. The second-order valence-electron chi connectivity index (χ2n) is 5.76. The molecule has 1 heterocycles. The highest BCUT2D eigenvalue weighted by Crippen LogP contribution is 2.38. The number of aryl methyl sites for hydroxylation is 2. The summed E-state index contributed by atoms with van der Waals surface area (Å²) in [5, 5.41) is 12.8. The quantitative estimate of drug-likeness (QED) is 0.805. The van der Waals surface area contributed by atoms with Crippen LogP contribution in [0.5, 0.6) is 0 Å². The van der Waals surface area contributed by atoms with Gasteiger partial charge in [-0.25, -0.2) is 0 Å². The standard InChI is InChI=1S/C16H18N2O3/c1-8-9(2)18-14-4-3-10(5-11(8)14)7-17-15(19)12-6-13(12)16(20)21/h3-5,12-13,18H,6-7H2,1-2H3,(H,17,19)(H,20,21). The van der Waals surface area contributed by atoms with Gasteiger partial charge >= 0.3 is 5.97 Å². The summed E-state index contributed by atoms with van der Waals surface area (Å²) in [4.78, 5) is 25.9. The molecule has 1 aliphatic carbocycles. The molecule has 1 aromatic carbocycles. The maximum absolute atomic E-state index is 11.8. The molecule has 0 aliphatic heterocycles. The van der Waals surface area contributed by atoms with Gasteiger partial charge < -0.3 is 15.4 Å². The number of aliphatic carboxylic acids is 1. The Balaban J connectivity index is 1.67. The van der Waals surface area contributed by atoms with E-state index in [4.69, 9.17) is 5.11 Å². The number of benzene rings is 1. The Morgan fingerprint density at radius 2 is 2.10 bits per heavy atom. The summed E-state index contributed by atoms with van der Waals surface area (Å²) in [5.74, 6) is -1.90. The highest BCUT2D eigenvalue weighted by atomic mass is 16.4. The molecule has 2 aromatic rings. The fraction of sp³-hybridized carbons (Fsp3) is 0.375. The van der Waals surface area contributed by atoms with Crippen molar-refractivity contribution in [1.29, 1.82) is 0 Å². The lowest BCUT2D eigenvalue weighted by molar-refractivity contribution is -0.140. The van der Waals surface area contributed by atoms with Crippen LogP contribution in [-0.4, -0.2) is 22.0 Å². The number of amides is 1. The molecule has 0 spiro atoms. The van der Waals surface area contributed by atoms with Gasteiger partial charge in [0.25, 0.3) is 0 Å². The van der Waals surface area contributed by atoms with Crippen molar-refractivity contribution in [3.05, 3.63) is 35.0 Å². The molecule has 1 amide bonds. The number of H-pyrrole nitrogens is 1. The van der Waals surface area contributed by atoms with E-state index in [0.29, 0.717) is 13.0 Å². The van der Waals surface area contributed by atoms with E-state index < -0.39 is 11.9 Å². The minimum absolute atomic E-state index is 0.163. The number of fused-ring (bicyclic) bond motifs is 1. The average molecular weight is 286 g/mol. The number of rotatable bonds is 4. The summed E-state index contributed by atoms with van der Waals surface area (Å²) in [6.45, 7) is 4.54. The van der Waals surface area contributed by atoms with E-state index in [1.807, 2.05) is 19.1 Å². The second kappa shape index (κ2) is 4.91. The normalized spacial score (nSPS) is 20.5. The third-order valence-electron chi connectivity index (χ3n) is 4.28. The van der Waals surface area contributed by atoms with Crippen molar-refractivity contribution in [2.24, 2.45) is 11.8 Å². The lowest BCUT2D eigenvalue weighted by Gasteiger charge is -2.05. The number of aromatic amines is 1. The molecule has 0 saturated heterocycles. The van der Waals surface area contributed by atoms with Crippen LogP contribution in [0.3, 0.4) is 0 Å². The van der Waals surface area contributed by atoms with Crippen LogP contribution in [0.4, 0.5) is 0 Å². The molecule has 1 aromatic heterocycles. The van der Waals surface area contributed by atoms with Gasteiger partial charge in [-0.1, -0.05) is 6.07 Å². The van der Waals surface area contributed by atoms with Gasteiger partial charge in [0.15, 0.2) is 0 Å². The smallest absolute Gasteiger partial charge is 0.307 e. The molecular weight excluding hydrogens is 268 g/mol. The summed E-state index contributed by atoms with van der Waals surface area (Å²) < 4.78 is 0. The van der Waals surface area contributed by atoms with Crippen molar-refractivity contribution in [2.45, 2.75) is 26.8 Å². The lowest BCUT2D eigenvalue weighted by atomic mass is 10.1. The largest absolute Gasteiger partial charge is 0.481 e. The first-order chi connectivity index (χ1) is 9.97. The zero-order valence-corrected chi connectivity index (χ0v) is 12.1. The summed E-state index contributed by atoms with van der Waals surface area (Å²) in [5.41, 5.74) is 4.47. The third-order valence-corrected chi connectivity index (χ3v) is 4.28. The minimum Gasteiger partial charge on any atom is -0.481 e. The molecule has 3 N–H and O–H groups in total. The summed E-state index contributed by atoms with van der Waals surface area (Å²) in [6, 6.07) is 6.05. The highest BCUT2D eigenvalue weighted by molar-refractivity contribution is 5.89. The van der Waals surface area contributed by atoms with Crippen molar-refractivity contribution >= 4 is 22.8 Å². The monoisotopic (exact) mass is 286 g/mol. The Bertz CT molecular complexity index is 732. The number of carboxylic acids is 1. The molecular formula is C16H18N2O3. The number of nitrogens with one attached hydrogen (secondary N) is 2. The molecule has 0 radical (unpaired) electrons. The highest BCUT2D eigenvalue weighted by Gasteiger charge is 2.48. The van der Waals surface area contributed by atoms with Crippen LogP contribution in [0, 0.1) is 25.7 Å². The molecule has 2 atom stereocenters. The first kappa shape index (κ1) is 13.7. The zero-order valence-electron chi connectivity index (χ0n) is 12.1. The Kier molecular flexibility index (Phi) is 3.20. The van der Waals surface area contributed by atoms with Gasteiger partial charge in [0.05, 0.1) is 11.8 Å². The predicted molar refractivity (Wildman–Crippen MR) is 78.9 cm³/mol. The van der Waals surface area contributed by atoms with Crippen molar-refractivity contribution < 1.29 is 14.7 Å². The molecule has 21 heavy (non-hydrogen) atoms. The molecule has 2 unspecified atom stereocenters. The van der Waals surface area contributed by atoms with Gasteiger partial charge in [0.2, 0.25) is 5.91 Å². The van der Waals surface area contributed by atoms with Crippen molar-refractivity contribution in [3.8, 4) is 0 Å². The van der Waals surface area contributed by atoms with Crippen LogP contribution in [0.1, 0.15) is 23.2 Å². The molecule has 0 bridgehead atoms. The molecule has 1 aliphatic rings. The number of hydrogen-bond acceptors (Lipinski definition) is 2. The third kappa shape index (κ3) is 2.51. The Hall–Kier alpha value is -2.30. The number of hydrogen-bond donors (Lipinski definition) is 3. The van der Waals surface area contributed by atoms with Gasteiger partial charge in [-0.05, 0) is 43.5 Å². The van der Waals surface area contributed by atoms with Crippen LogP contribution >= 0.6 is 0 Å². The SMILES string of the molecule is Cc1[nH]c2ccc(CNC(=O)C3CC3C(=O)O)cc2c1C. The van der Waals surface area contributed by atoms with E-state index >= 15 is 0 Å². The first-order valence-electron chi connectivity index (χ1n) is 7.05. The van der Waals surface area contributed by atoms with E-state index in [-0.39, 0.29) is 11.8 Å². The zero-order chi connectivity index (χ0) is 15.1. The first-order valence-corrected chi connectivity index (χ1v) is 7.05. The fourth-order valence-electron chi connectivity index (χ4n) is 2.70. The maximum atomic E-state index is 11.8. The number of aromatic nitrogens is 1.